The van der Waals surface area contributed by atoms with E-state index >= 15 is 0 Å². The average Bonchev–Trinajstić information content (AvgIpc) is 3.33. The van der Waals surface area contributed by atoms with Gasteiger partial charge in [-0.05, 0) is 43.5 Å². The molecule has 1 aliphatic heterocycles. The zero-order valence-corrected chi connectivity index (χ0v) is 17.5. The fraction of sp³-hybridized carbons (Fsp3) is 0.455. The van der Waals surface area contributed by atoms with Crippen LogP contribution in [0.25, 0.3) is 6.08 Å². The minimum Gasteiger partial charge on any atom is -0.493 e. The number of amides is 1. The monoisotopic (exact) mass is 401 g/mol. The minimum absolute atomic E-state index is 0.119. The van der Waals surface area contributed by atoms with Crippen molar-refractivity contribution in [3.05, 3.63) is 34.5 Å². The molecule has 0 unspecified atom stereocenters. The van der Waals surface area contributed by atoms with Crippen molar-refractivity contribution in [2.24, 2.45) is 0 Å². The molecular formula is C22H27NO6. The molecule has 0 bridgehead atoms. The summed E-state index contributed by atoms with van der Waals surface area (Å²) in [5.41, 5.74) is 1.92. The highest BCUT2D eigenvalue weighted by Crippen LogP contribution is 2.41. The quantitative estimate of drug-likeness (QED) is 0.538. The number of hydrogen-bond acceptors (Lipinski definition) is 6. The van der Waals surface area contributed by atoms with E-state index in [1.807, 2.05) is 0 Å². The number of esters is 1. The summed E-state index contributed by atoms with van der Waals surface area (Å²) < 4.78 is 21.1. The van der Waals surface area contributed by atoms with E-state index in [1.54, 1.807) is 30.0 Å². The van der Waals surface area contributed by atoms with Gasteiger partial charge >= 0.3 is 5.97 Å². The van der Waals surface area contributed by atoms with Gasteiger partial charge in [-0.1, -0.05) is 12.8 Å². The van der Waals surface area contributed by atoms with Crippen molar-refractivity contribution in [1.82, 2.24) is 4.90 Å². The summed E-state index contributed by atoms with van der Waals surface area (Å²) in [6, 6.07) is 3.60. The summed E-state index contributed by atoms with van der Waals surface area (Å²) in [5.74, 6) is 0.704. The Morgan fingerprint density at radius 3 is 2.10 bits per heavy atom. The largest absolute Gasteiger partial charge is 0.493 e. The molecule has 7 heteroatoms. The van der Waals surface area contributed by atoms with Crippen LogP contribution in [0, 0.1) is 0 Å². The standard InChI is InChI=1S/C22H27NO6/c1-13-19(22(25)29-5)16(21(24)23(13)15-8-6-7-9-15)10-14-11-17(26-2)20(28-4)18(12-14)27-3/h10-12,15H,6-9H2,1-5H3/b16-10-. The predicted molar refractivity (Wildman–Crippen MR) is 108 cm³/mol. The van der Waals surface area contributed by atoms with Gasteiger partial charge in [0.1, 0.15) is 0 Å². The number of allylic oxidation sites excluding steroid dienone is 1. The highest BCUT2D eigenvalue weighted by molar-refractivity contribution is 6.16. The van der Waals surface area contributed by atoms with Crippen LogP contribution in [0.1, 0.15) is 38.2 Å². The molecule has 156 valence electrons. The first-order valence-corrected chi connectivity index (χ1v) is 9.61. The third-order valence-electron chi connectivity index (χ3n) is 5.52. The van der Waals surface area contributed by atoms with Gasteiger partial charge in [-0.25, -0.2) is 4.79 Å². The van der Waals surface area contributed by atoms with Gasteiger partial charge in [-0.15, -0.1) is 0 Å². The summed E-state index contributed by atoms with van der Waals surface area (Å²) in [6.45, 7) is 1.80. The zero-order valence-electron chi connectivity index (χ0n) is 17.5. The van der Waals surface area contributed by atoms with Crippen molar-refractivity contribution >= 4 is 18.0 Å². The van der Waals surface area contributed by atoms with Crippen molar-refractivity contribution in [1.29, 1.82) is 0 Å². The average molecular weight is 401 g/mol. The van der Waals surface area contributed by atoms with Gasteiger partial charge < -0.3 is 23.8 Å². The number of ether oxygens (including phenoxy) is 4. The van der Waals surface area contributed by atoms with E-state index in [0.29, 0.717) is 39.7 Å². The molecule has 0 saturated heterocycles. The lowest BCUT2D eigenvalue weighted by atomic mass is 10.0. The van der Waals surface area contributed by atoms with Crippen molar-refractivity contribution < 1.29 is 28.5 Å². The Hall–Kier alpha value is -2.96. The van der Waals surface area contributed by atoms with Gasteiger partial charge in [0, 0.05) is 11.7 Å². The highest BCUT2D eigenvalue weighted by Gasteiger charge is 2.41. The molecule has 0 aromatic heterocycles. The first kappa shape index (κ1) is 20.8. The molecule has 1 aromatic rings. The molecule has 0 atom stereocenters. The van der Waals surface area contributed by atoms with Crippen molar-refractivity contribution in [3.63, 3.8) is 0 Å². The Morgan fingerprint density at radius 1 is 1.03 bits per heavy atom. The van der Waals surface area contributed by atoms with E-state index in [2.05, 4.69) is 0 Å². The molecule has 0 N–H and O–H groups in total. The summed E-state index contributed by atoms with van der Waals surface area (Å²) in [4.78, 5) is 27.6. The van der Waals surface area contributed by atoms with E-state index in [9.17, 15) is 9.59 Å². The molecule has 29 heavy (non-hydrogen) atoms. The van der Waals surface area contributed by atoms with Gasteiger partial charge in [0.2, 0.25) is 5.75 Å². The van der Waals surface area contributed by atoms with Crippen LogP contribution in [-0.4, -0.2) is 51.3 Å². The minimum atomic E-state index is -0.518. The first-order valence-electron chi connectivity index (χ1n) is 9.61. The van der Waals surface area contributed by atoms with E-state index in [-0.39, 0.29) is 11.9 Å². The van der Waals surface area contributed by atoms with Crippen molar-refractivity contribution in [2.75, 3.05) is 28.4 Å². The van der Waals surface area contributed by atoms with Crippen LogP contribution in [0.15, 0.2) is 29.0 Å². The SMILES string of the molecule is COC(=O)C1=C(C)N(C2CCCC2)C(=O)/C1=C\c1cc(OC)c(OC)c(OC)c1. The predicted octanol–water partition coefficient (Wildman–Crippen LogP) is 3.33. The molecule has 1 amide bonds. The molecule has 1 aliphatic carbocycles. The lowest BCUT2D eigenvalue weighted by Crippen LogP contribution is -2.34. The third-order valence-corrected chi connectivity index (χ3v) is 5.52. The topological polar surface area (TPSA) is 74.3 Å². The van der Waals surface area contributed by atoms with Crippen molar-refractivity contribution in [3.8, 4) is 17.2 Å². The number of benzene rings is 1. The molecule has 1 saturated carbocycles. The van der Waals surface area contributed by atoms with Crippen LogP contribution in [-0.2, 0) is 14.3 Å². The van der Waals surface area contributed by atoms with Crippen LogP contribution in [0.5, 0.6) is 17.2 Å². The van der Waals surface area contributed by atoms with Crippen molar-refractivity contribution in [2.45, 2.75) is 38.6 Å². The fourth-order valence-electron chi connectivity index (χ4n) is 4.15. The van der Waals surface area contributed by atoms with Crippen LogP contribution >= 0.6 is 0 Å². The number of carbonyl (C=O) groups excluding carboxylic acids is 2. The van der Waals surface area contributed by atoms with Gasteiger partial charge in [0.05, 0.1) is 39.6 Å². The molecule has 0 spiro atoms. The van der Waals surface area contributed by atoms with Crippen LogP contribution in [0.3, 0.4) is 0 Å². The Bertz CT molecular complexity index is 854. The highest BCUT2D eigenvalue weighted by atomic mass is 16.5. The molecule has 0 radical (unpaired) electrons. The lowest BCUT2D eigenvalue weighted by molar-refractivity contribution is -0.136. The smallest absolute Gasteiger partial charge is 0.340 e. The Labute approximate surface area is 170 Å². The van der Waals surface area contributed by atoms with Crippen LogP contribution in [0.4, 0.5) is 0 Å². The van der Waals surface area contributed by atoms with Crippen LogP contribution < -0.4 is 14.2 Å². The van der Waals surface area contributed by atoms with E-state index in [1.165, 1.54) is 28.4 Å². The second kappa shape index (κ2) is 8.59. The van der Waals surface area contributed by atoms with E-state index in [0.717, 1.165) is 25.7 Å². The first-order chi connectivity index (χ1) is 14.0. The maximum Gasteiger partial charge on any atom is 0.340 e. The maximum absolute atomic E-state index is 13.3. The molecule has 1 heterocycles. The fourth-order valence-corrected chi connectivity index (χ4v) is 4.15. The second-order valence-corrected chi connectivity index (χ2v) is 7.08. The second-order valence-electron chi connectivity index (χ2n) is 7.08. The maximum atomic E-state index is 13.3. The Kier molecular flexibility index (Phi) is 6.15. The zero-order chi connectivity index (χ0) is 21.1. The van der Waals surface area contributed by atoms with Gasteiger partial charge in [-0.3, -0.25) is 4.79 Å². The van der Waals surface area contributed by atoms with Gasteiger partial charge in [0.25, 0.3) is 5.91 Å². The van der Waals surface area contributed by atoms with Gasteiger partial charge in [0.15, 0.2) is 11.5 Å². The Balaban J connectivity index is 2.11. The Morgan fingerprint density at radius 2 is 1.62 bits per heavy atom. The molecular weight excluding hydrogens is 374 g/mol. The summed E-state index contributed by atoms with van der Waals surface area (Å²) in [7, 11) is 5.91. The lowest BCUT2D eigenvalue weighted by Gasteiger charge is -2.25. The normalized spacial score (nSPS) is 18.6. The number of rotatable bonds is 6. The molecule has 7 nitrogen and oxygen atoms in total. The molecule has 2 aliphatic rings. The molecule has 3 rings (SSSR count). The summed E-state index contributed by atoms with van der Waals surface area (Å²) in [5, 5.41) is 0. The van der Waals surface area contributed by atoms with Gasteiger partial charge in [-0.2, -0.15) is 0 Å². The third kappa shape index (κ3) is 3.69. The summed E-state index contributed by atoms with van der Waals surface area (Å²) >= 11 is 0. The number of methoxy groups -OCH3 is 4. The van der Waals surface area contributed by atoms with E-state index in [4.69, 9.17) is 18.9 Å². The summed E-state index contributed by atoms with van der Waals surface area (Å²) in [6.07, 6.45) is 5.73. The number of hydrogen-bond donors (Lipinski definition) is 0. The molecule has 1 aromatic carbocycles. The van der Waals surface area contributed by atoms with E-state index < -0.39 is 5.97 Å². The molecule has 1 fully saturated rings. The van der Waals surface area contributed by atoms with Crippen LogP contribution in [0.2, 0.25) is 0 Å². The number of nitrogens with zero attached hydrogens (tertiary/aromatic N) is 1. The number of carbonyl (C=O) groups is 2.